The van der Waals surface area contributed by atoms with E-state index in [-0.39, 0.29) is 11.0 Å². The molecule has 0 radical (unpaired) electrons. The quantitative estimate of drug-likeness (QED) is 0.572. The van der Waals surface area contributed by atoms with Gasteiger partial charge >= 0.3 is 6.36 Å². The summed E-state index contributed by atoms with van der Waals surface area (Å²) in [4.78, 5) is 8.58. The molecule has 1 aromatic carbocycles. The zero-order valence-corrected chi connectivity index (χ0v) is 17.6. The van der Waals surface area contributed by atoms with Crippen molar-refractivity contribution in [2.75, 3.05) is 5.32 Å². The number of halogens is 4. The molecule has 2 heterocycles. The Labute approximate surface area is 176 Å². The molecule has 0 bridgehead atoms. The van der Waals surface area contributed by atoms with E-state index in [1.54, 1.807) is 6.07 Å². The molecule has 0 spiro atoms. The number of fused-ring (bicyclic) bond motifs is 1. The Hall–Kier alpha value is -2.95. The predicted octanol–water partition coefficient (Wildman–Crippen LogP) is 4.38. The molecule has 0 saturated carbocycles. The van der Waals surface area contributed by atoms with E-state index in [1.807, 2.05) is 20.8 Å². The maximum absolute atomic E-state index is 14.3. The first kappa shape index (κ1) is 22.7. The number of ether oxygens (including phenoxy) is 1. The van der Waals surface area contributed by atoms with E-state index in [2.05, 4.69) is 25.1 Å². The maximum Gasteiger partial charge on any atom is 0.573 e. The topological polar surface area (TPSA) is 84.6 Å². The fourth-order valence-electron chi connectivity index (χ4n) is 3.02. The largest absolute Gasteiger partial charge is 0.573 e. The summed E-state index contributed by atoms with van der Waals surface area (Å²) in [6.45, 7) is 8.89. The van der Waals surface area contributed by atoms with Crippen LogP contribution in [0.25, 0.3) is 5.78 Å². The number of hydrogen-bond donors (Lipinski definition) is 2. The van der Waals surface area contributed by atoms with Crippen molar-refractivity contribution >= 4 is 11.6 Å². The summed E-state index contributed by atoms with van der Waals surface area (Å²) < 4.78 is 56.8. The Bertz CT molecular complexity index is 1080. The van der Waals surface area contributed by atoms with Crippen LogP contribution in [0.3, 0.4) is 0 Å². The minimum Gasteiger partial charge on any atom is -0.403 e. The summed E-state index contributed by atoms with van der Waals surface area (Å²) in [7, 11) is 0. The molecule has 3 aromatic rings. The van der Waals surface area contributed by atoms with Crippen LogP contribution in [0.5, 0.6) is 5.75 Å². The molecule has 2 aromatic heterocycles. The molecular weight excluding hydrogens is 418 g/mol. The van der Waals surface area contributed by atoms with Gasteiger partial charge in [0.1, 0.15) is 12.1 Å². The molecule has 0 aliphatic rings. The lowest BCUT2D eigenvalue weighted by molar-refractivity contribution is -0.275. The highest BCUT2D eigenvalue weighted by Crippen LogP contribution is 2.34. The molecule has 1 atom stereocenters. The van der Waals surface area contributed by atoms with E-state index < -0.39 is 29.6 Å². The first-order valence-electron chi connectivity index (χ1n) is 9.40. The first-order valence-corrected chi connectivity index (χ1v) is 9.40. The molecule has 0 fully saturated rings. The van der Waals surface area contributed by atoms with Gasteiger partial charge in [-0.25, -0.2) is 9.37 Å². The summed E-state index contributed by atoms with van der Waals surface area (Å²) >= 11 is 0. The lowest BCUT2D eigenvalue weighted by atomic mass is 9.90. The third-order valence-corrected chi connectivity index (χ3v) is 4.53. The molecule has 1 unspecified atom stereocenters. The number of benzene rings is 1. The Balaban J connectivity index is 2.05. The van der Waals surface area contributed by atoms with Gasteiger partial charge in [0.05, 0.1) is 17.3 Å². The normalized spacial score (nSPS) is 14.0. The van der Waals surface area contributed by atoms with Crippen molar-refractivity contribution in [3.8, 4) is 5.75 Å². The molecule has 11 heteroatoms. The van der Waals surface area contributed by atoms with Crippen LogP contribution in [0.1, 0.15) is 51.9 Å². The van der Waals surface area contributed by atoms with Crippen molar-refractivity contribution in [3.63, 3.8) is 0 Å². The number of alkyl halides is 3. The monoisotopic (exact) mass is 441 g/mol. The highest BCUT2D eigenvalue weighted by atomic mass is 19.4. The zero-order chi connectivity index (χ0) is 23.2. The van der Waals surface area contributed by atoms with Crippen molar-refractivity contribution in [2.45, 2.75) is 58.0 Å². The molecule has 0 aliphatic heterocycles. The van der Waals surface area contributed by atoms with E-state index in [4.69, 9.17) is 0 Å². The van der Waals surface area contributed by atoms with Crippen LogP contribution in [-0.2, 0) is 5.41 Å². The first-order chi connectivity index (χ1) is 14.1. The van der Waals surface area contributed by atoms with Crippen molar-refractivity contribution in [1.82, 2.24) is 19.6 Å². The number of nitrogens with one attached hydrogen (secondary N) is 1. The predicted molar refractivity (Wildman–Crippen MR) is 105 cm³/mol. The SMILES string of the molecule is CC(C)(C)c1cc(NC(c2ccc(OC(F)(F)F)c(F)c2)C(C)(C)O)n2ncnc2n1. The van der Waals surface area contributed by atoms with Crippen LogP contribution >= 0.6 is 0 Å². The third kappa shape index (κ3) is 5.22. The number of nitrogens with zero attached hydrogens (tertiary/aromatic N) is 4. The fourth-order valence-corrected chi connectivity index (χ4v) is 3.02. The summed E-state index contributed by atoms with van der Waals surface area (Å²) in [5.74, 6) is -1.41. The molecule has 31 heavy (non-hydrogen) atoms. The van der Waals surface area contributed by atoms with Gasteiger partial charge in [0.25, 0.3) is 5.78 Å². The van der Waals surface area contributed by atoms with E-state index >= 15 is 0 Å². The summed E-state index contributed by atoms with van der Waals surface area (Å²) in [5.41, 5.74) is -0.847. The Morgan fingerprint density at radius 3 is 2.32 bits per heavy atom. The van der Waals surface area contributed by atoms with E-state index in [9.17, 15) is 22.7 Å². The van der Waals surface area contributed by atoms with Gasteiger partial charge < -0.3 is 15.2 Å². The lowest BCUT2D eigenvalue weighted by Crippen LogP contribution is -2.35. The summed E-state index contributed by atoms with van der Waals surface area (Å²) in [6, 6.07) is 3.84. The Morgan fingerprint density at radius 1 is 1.10 bits per heavy atom. The second-order valence-electron chi connectivity index (χ2n) is 8.72. The van der Waals surface area contributed by atoms with E-state index in [1.165, 1.54) is 30.8 Å². The number of hydrogen-bond acceptors (Lipinski definition) is 6. The smallest absolute Gasteiger partial charge is 0.403 e. The van der Waals surface area contributed by atoms with Crippen LogP contribution in [0.4, 0.5) is 23.4 Å². The maximum atomic E-state index is 14.3. The average Bonchev–Trinajstić information content (AvgIpc) is 3.07. The highest BCUT2D eigenvalue weighted by Gasteiger charge is 2.34. The number of rotatable bonds is 5. The van der Waals surface area contributed by atoms with Gasteiger partial charge in [-0.1, -0.05) is 26.8 Å². The highest BCUT2D eigenvalue weighted by molar-refractivity contribution is 5.49. The summed E-state index contributed by atoms with van der Waals surface area (Å²) in [5, 5.41) is 18.0. The van der Waals surface area contributed by atoms with E-state index in [0.29, 0.717) is 17.3 Å². The summed E-state index contributed by atoms with van der Waals surface area (Å²) in [6.07, 6.45) is -3.70. The Morgan fingerprint density at radius 2 is 1.77 bits per heavy atom. The lowest BCUT2D eigenvalue weighted by Gasteiger charge is -2.32. The van der Waals surface area contributed by atoms with Gasteiger partial charge in [-0.05, 0) is 31.5 Å². The average molecular weight is 441 g/mol. The van der Waals surface area contributed by atoms with Crippen LogP contribution in [0.2, 0.25) is 0 Å². The minimum atomic E-state index is -5.02. The third-order valence-electron chi connectivity index (χ3n) is 4.53. The van der Waals surface area contributed by atoms with Crippen LogP contribution in [0, 0.1) is 5.82 Å². The van der Waals surface area contributed by atoms with E-state index in [0.717, 1.165) is 12.1 Å². The molecular formula is C20H23F4N5O2. The number of aromatic nitrogens is 4. The van der Waals surface area contributed by atoms with Gasteiger partial charge in [0.2, 0.25) is 0 Å². The van der Waals surface area contributed by atoms with Crippen molar-refractivity contribution in [2.24, 2.45) is 0 Å². The fraction of sp³-hybridized carbons (Fsp3) is 0.450. The van der Waals surface area contributed by atoms with Gasteiger partial charge in [-0.3, -0.25) is 0 Å². The van der Waals surface area contributed by atoms with Crippen molar-refractivity contribution in [3.05, 3.63) is 47.7 Å². The van der Waals surface area contributed by atoms with Gasteiger partial charge in [0.15, 0.2) is 11.6 Å². The molecule has 0 saturated heterocycles. The molecule has 168 valence electrons. The van der Waals surface area contributed by atoms with Gasteiger partial charge in [0, 0.05) is 11.5 Å². The Kier molecular flexibility index (Phi) is 5.59. The standard InChI is InChI=1S/C20H23F4N5O2/c1-18(2,3)14-9-15(29-17(27-14)25-10-26-29)28-16(19(4,5)30)11-6-7-13(12(21)8-11)31-20(22,23)24/h6-10,16,28,30H,1-5H3. The van der Waals surface area contributed by atoms with Crippen LogP contribution in [0.15, 0.2) is 30.6 Å². The zero-order valence-electron chi connectivity index (χ0n) is 17.6. The van der Waals surface area contributed by atoms with Gasteiger partial charge in [-0.15, -0.1) is 13.2 Å². The number of aliphatic hydroxyl groups is 1. The van der Waals surface area contributed by atoms with Crippen molar-refractivity contribution < 1.29 is 27.4 Å². The van der Waals surface area contributed by atoms with Crippen LogP contribution < -0.4 is 10.1 Å². The molecule has 0 amide bonds. The second kappa shape index (κ2) is 7.63. The number of anilines is 1. The molecule has 7 nitrogen and oxygen atoms in total. The molecule has 0 aliphatic carbocycles. The molecule has 3 rings (SSSR count). The van der Waals surface area contributed by atoms with Crippen LogP contribution in [-0.4, -0.2) is 36.7 Å². The molecule has 2 N–H and O–H groups in total. The van der Waals surface area contributed by atoms with Gasteiger partial charge in [-0.2, -0.15) is 14.6 Å². The second-order valence-corrected chi connectivity index (χ2v) is 8.72. The minimum absolute atomic E-state index is 0.210. The van der Waals surface area contributed by atoms with Crippen molar-refractivity contribution in [1.29, 1.82) is 0 Å².